The molecular formula is C65H98N4O8. The fourth-order valence-electron chi connectivity index (χ4n) is 9.12. The van der Waals surface area contributed by atoms with Crippen LogP contribution in [0.25, 0.3) is 0 Å². The monoisotopic (exact) mass is 1060 g/mol. The zero-order valence-corrected chi connectivity index (χ0v) is 50.8. The molecule has 4 rings (SSSR count). The highest BCUT2D eigenvalue weighted by Gasteiger charge is 2.29. The average molecular weight is 1060 g/mol. The molecule has 0 atom stereocenters. The molecule has 0 bridgehead atoms. The third-order valence-corrected chi connectivity index (χ3v) is 13.8. The number of carbonyl (C=O) groups excluding carboxylic acids is 4. The molecule has 77 heavy (non-hydrogen) atoms. The molecule has 4 aromatic rings. The van der Waals surface area contributed by atoms with Crippen molar-refractivity contribution in [2.45, 2.75) is 229 Å². The van der Waals surface area contributed by atoms with Gasteiger partial charge in [0.15, 0.2) is 0 Å². The van der Waals surface area contributed by atoms with Gasteiger partial charge < -0.3 is 31.1 Å². The summed E-state index contributed by atoms with van der Waals surface area (Å²) < 4.78 is 0. The number of carbonyl (C=O) groups is 4. The van der Waals surface area contributed by atoms with Crippen LogP contribution < -0.4 is 21.5 Å². The highest BCUT2D eigenvalue weighted by Crippen LogP contribution is 2.42. The lowest BCUT2D eigenvalue weighted by Crippen LogP contribution is -2.41. The molecule has 0 fully saturated rings. The van der Waals surface area contributed by atoms with Crippen LogP contribution in [-0.4, -0.2) is 57.1 Å². The second kappa shape index (κ2) is 26.1. The molecule has 0 spiro atoms. The lowest BCUT2D eigenvalue weighted by Gasteiger charge is -2.28. The number of phenolic OH excluding ortho intramolecular Hbond substituents is 4. The molecule has 0 aliphatic carbocycles. The highest BCUT2D eigenvalue weighted by atomic mass is 16.3. The molecule has 0 aliphatic rings. The van der Waals surface area contributed by atoms with Gasteiger partial charge in [0.05, 0.1) is 0 Å². The second-order valence-corrected chi connectivity index (χ2v) is 27.3. The number of hydrogen-bond acceptors (Lipinski definition) is 8. The van der Waals surface area contributed by atoms with Crippen molar-refractivity contribution in [3.05, 3.63) is 115 Å². The molecule has 4 aromatic carbocycles. The van der Waals surface area contributed by atoms with Crippen molar-refractivity contribution in [1.82, 2.24) is 21.5 Å². The topological polar surface area (TPSA) is 197 Å². The van der Waals surface area contributed by atoms with Gasteiger partial charge in [0.1, 0.15) is 23.0 Å². The van der Waals surface area contributed by atoms with Crippen LogP contribution in [-0.2, 0) is 77.4 Å². The third kappa shape index (κ3) is 20.0. The van der Waals surface area contributed by atoms with E-state index in [9.17, 15) is 39.6 Å². The second-order valence-electron chi connectivity index (χ2n) is 27.3. The Balaban J connectivity index is 0.000000406. The normalized spacial score (nSPS) is 12.4. The zero-order chi connectivity index (χ0) is 58.8. The SMILES string of the molecule is Cc1cc(CCC(=O)NCCCNC(=O)CCc2cc(C(C)(C)C)c(O)c(C(C)(C)C)c2)cc(C(C)(C)C)c1O.Cc1cc(CCC(=O)NNC(=O)CCc2cc(C(C)(C)C)c(O)c(C(C)(C)C)c2)cc(C(C)(C)C)c1O. The van der Waals surface area contributed by atoms with Crippen molar-refractivity contribution in [3.8, 4) is 23.0 Å². The quantitative estimate of drug-likeness (QED) is 0.0401. The number of benzene rings is 4. The number of amides is 4. The number of hydrogen-bond donors (Lipinski definition) is 8. The van der Waals surface area contributed by atoms with Gasteiger partial charge in [-0.1, -0.05) is 173 Å². The molecule has 0 unspecified atom stereocenters. The predicted octanol–water partition coefficient (Wildman–Crippen LogP) is 12.5. The fourth-order valence-corrected chi connectivity index (χ4v) is 9.12. The van der Waals surface area contributed by atoms with E-state index in [2.05, 4.69) is 125 Å². The summed E-state index contributed by atoms with van der Waals surface area (Å²) in [5.41, 5.74) is 14.7. The van der Waals surface area contributed by atoms with Crippen molar-refractivity contribution < 1.29 is 39.6 Å². The summed E-state index contributed by atoms with van der Waals surface area (Å²) in [6.45, 7) is 41.9. The lowest BCUT2D eigenvalue weighted by atomic mass is 9.78. The first kappa shape index (κ1) is 65.2. The maximum atomic E-state index is 12.5. The van der Waals surface area contributed by atoms with E-state index in [-0.39, 0.29) is 69.0 Å². The van der Waals surface area contributed by atoms with Gasteiger partial charge in [-0.05, 0) is 145 Å². The van der Waals surface area contributed by atoms with Gasteiger partial charge in [-0.2, -0.15) is 0 Å². The molecule has 12 heteroatoms. The first-order valence-corrected chi connectivity index (χ1v) is 27.6. The van der Waals surface area contributed by atoms with Gasteiger partial charge in [0, 0.05) is 38.8 Å². The Labute approximate surface area is 463 Å². The van der Waals surface area contributed by atoms with Crippen LogP contribution in [0.2, 0.25) is 0 Å². The van der Waals surface area contributed by atoms with Crippen molar-refractivity contribution in [2.75, 3.05) is 13.1 Å². The molecule has 0 heterocycles. The first-order chi connectivity index (χ1) is 35.1. The summed E-state index contributed by atoms with van der Waals surface area (Å²) in [6, 6.07) is 15.8. The maximum absolute atomic E-state index is 12.5. The largest absolute Gasteiger partial charge is 0.507 e. The van der Waals surface area contributed by atoms with Crippen molar-refractivity contribution in [1.29, 1.82) is 0 Å². The minimum atomic E-state index is -0.272. The van der Waals surface area contributed by atoms with Crippen LogP contribution in [0.15, 0.2) is 48.5 Å². The van der Waals surface area contributed by atoms with Crippen LogP contribution in [0, 0.1) is 13.8 Å². The molecule has 0 aromatic heterocycles. The maximum Gasteiger partial charge on any atom is 0.238 e. The Morgan fingerprint density at radius 3 is 0.779 bits per heavy atom. The van der Waals surface area contributed by atoms with Gasteiger partial charge in [-0.15, -0.1) is 0 Å². The van der Waals surface area contributed by atoms with E-state index < -0.39 is 0 Å². The molecule has 426 valence electrons. The van der Waals surface area contributed by atoms with Crippen LogP contribution in [0.5, 0.6) is 23.0 Å². The zero-order valence-electron chi connectivity index (χ0n) is 50.8. The van der Waals surface area contributed by atoms with Crippen LogP contribution in [0.1, 0.15) is 223 Å². The molecule has 0 aliphatic heterocycles. The van der Waals surface area contributed by atoms with E-state index >= 15 is 0 Å². The molecule has 12 nitrogen and oxygen atoms in total. The number of rotatable bonds is 16. The average Bonchev–Trinajstić information content (AvgIpc) is 3.28. The Morgan fingerprint density at radius 1 is 0.338 bits per heavy atom. The summed E-state index contributed by atoms with van der Waals surface area (Å²) in [5.74, 6) is 0.706. The number of hydrazine groups is 1. The summed E-state index contributed by atoms with van der Waals surface area (Å²) in [5, 5.41) is 48.5. The van der Waals surface area contributed by atoms with Gasteiger partial charge >= 0.3 is 0 Å². The fraction of sp³-hybridized carbons (Fsp3) is 0.569. The summed E-state index contributed by atoms with van der Waals surface area (Å²) in [4.78, 5) is 49.7. The van der Waals surface area contributed by atoms with Crippen LogP contribution >= 0.6 is 0 Å². The summed E-state index contributed by atoms with van der Waals surface area (Å²) in [7, 11) is 0. The number of aryl methyl sites for hydroxylation is 6. The minimum Gasteiger partial charge on any atom is -0.507 e. The van der Waals surface area contributed by atoms with E-state index in [1.165, 1.54) is 0 Å². The van der Waals surface area contributed by atoms with Gasteiger partial charge in [-0.3, -0.25) is 30.0 Å². The third-order valence-electron chi connectivity index (χ3n) is 13.8. The smallest absolute Gasteiger partial charge is 0.238 e. The van der Waals surface area contributed by atoms with Crippen molar-refractivity contribution >= 4 is 23.6 Å². The summed E-state index contributed by atoms with van der Waals surface area (Å²) in [6.07, 6.45) is 4.04. The Morgan fingerprint density at radius 2 is 0.545 bits per heavy atom. The van der Waals surface area contributed by atoms with E-state index in [1.807, 2.05) is 83.1 Å². The van der Waals surface area contributed by atoms with E-state index in [0.717, 1.165) is 66.8 Å². The Hall–Kier alpha value is -6.04. The van der Waals surface area contributed by atoms with E-state index in [4.69, 9.17) is 0 Å². The predicted molar refractivity (Wildman–Crippen MR) is 314 cm³/mol. The Kier molecular flexibility index (Phi) is 22.1. The summed E-state index contributed by atoms with van der Waals surface area (Å²) >= 11 is 0. The van der Waals surface area contributed by atoms with Crippen molar-refractivity contribution in [3.63, 3.8) is 0 Å². The molecule has 0 radical (unpaired) electrons. The number of phenols is 4. The number of nitrogens with one attached hydrogen (secondary N) is 4. The van der Waals surface area contributed by atoms with Gasteiger partial charge in [0.25, 0.3) is 0 Å². The molecule has 8 N–H and O–H groups in total. The number of aromatic hydroxyl groups is 4. The molecular weight excluding hydrogens is 965 g/mol. The van der Waals surface area contributed by atoms with Crippen molar-refractivity contribution in [2.24, 2.45) is 0 Å². The van der Waals surface area contributed by atoms with E-state index in [0.29, 0.717) is 81.0 Å². The molecule has 4 amide bonds. The molecule has 0 saturated carbocycles. The minimum absolute atomic E-state index is 0.0219. The van der Waals surface area contributed by atoms with Crippen LogP contribution in [0.4, 0.5) is 0 Å². The highest BCUT2D eigenvalue weighted by molar-refractivity contribution is 5.82. The van der Waals surface area contributed by atoms with Gasteiger partial charge in [-0.25, -0.2) is 0 Å². The molecule has 0 saturated heterocycles. The van der Waals surface area contributed by atoms with Crippen LogP contribution in [0.3, 0.4) is 0 Å². The lowest BCUT2D eigenvalue weighted by molar-refractivity contribution is -0.128. The standard InChI is InChI=1S/C34H52N2O4.C31H46N2O4/c1-22-18-23(19-25(30(22)39)32(2,3)4)12-14-28(37)35-16-11-17-36-29(38)15-13-24-20-26(33(5,6)7)31(40)27(21-24)34(8,9)10;1-19-15-20(16-22(27(19)36)29(2,3)4)11-13-25(34)32-33-26(35)14-12-21-17-23(30(5,6)7)28(37)24(18-21)31(8,9)10/h18-21,39-40H,11-17H2,1-10H3,(H,35,37)(H,36,38);15-18,36-37H,11-14H2,1-10H3,(H,32,34)(H,33,35). The van der Waals surface area contributed by atoms with E-state index in [1.54, 1.807) is 0 Å². The Bertz CT molecular complexity index is 2640. The van der Waals surface area contributed by atoms with Gasteiger partial charge in [0.2, 0.25) is 23.6 Å². The first-order valence-electron chi connectivity index (χ1n) is 27.6.